The molecule has 0 aromatic carbocycles. The van der Waals surface area contributed by atoms with Gasteiger partial charge in [0.15, 0.2) is 0 Å². The van der Waals surface area contributed by atoms with Gasteiger partial charge in [-0.25, -0.2) is 0 Å². The Hall–Kier alpha value is -0.710. The van der Waals surface area contributed by atoms with E-state index in [2.05, 4.69) is 5.32 Å². The molecule has 0 fully saturated rings. The number of nitrogens with two attached hydrogens (primary N) is 1. The molecule has 0 spiro atoms. The number of aliphatic carboxylic acids is 3. The Morgan fingerprint density at radius 1 is 1.20 bits per heavy atom. The van der Waals surface area contributed by atoms with Crippen LogP contribution in [0.3, 0.4) is 0 Å². The second-order valence-corrected chi connectivity index (χ2v) is 4.14. The quantitative estimate of drug-likeness (QED) is 0.246. The minimum atomic E-state index is -1.67. The van der Waals surface area contributed by atoms with Gasteiger partial charge in [0.25, 0.3) is 0 Å². The molecule has 0 amide bonds. The molecule has 0 aliphatic rings. The fourth-order valence-electron chi connectivity index (χ4n) is 1.78. The van der Waals surface area contributed by atoms with E-state index in [4.69, 9.17) is 21.1 Å². The number of aliphatic hydroxyl groups is 1. The average molecular weight is 300 g/mol. The Balaban J connectivity index is 0. The Morgan fingerprint density at radius 2 is 1.65 bits per heavy atom. The number of hydrogen-bond donors (Lipinski definition) is 5. The molecule has 20 heavy (non-hydrogen) atoms. The standard InChI is InChI=1S/C10H18N2O7.Na/c11-6(1-2-13)10(3-7(14)15,4-8(16)17)12-5-9(18)19;/h6,12-13H,1-5,11H2,(H,14,15)(H,16,17)(H,18,19);/q;+1/p-1. The zero-order chi connectivity index (χ0) is 15.1. The Bertz CT molecular complexity index is 334. The molecule has 0 saturated heterocycles. The maximum absolute atomic E-state index is 10.8. The van der Waals surface area contributed by atoms with Gasteiger partial charge in [-0.05, 0) is 6.42 Å². The first-order chi connectivity index (χ1) is 8.73. The van der Waals surface area contributed by atoms with E-state index in [0.29, 0.717) is 0 Å². The van der Waals surface area contributed by atoms with Crippen LogP contribution in [0, 0.1) is 0 Å². The summed E-state index contributed by atoms with van der Waals surface area (Å²) in [4.78, 5) is 32.1. The summed E-state index contributed by atoms with van der Waals surface area (Å²) in [5.74, 6) is -4.18. The van der Waals surface area contributed by atoms with Gasteiger partial charge in [0.1, 0.15) is 0 Å². The summed E-state index contributed by atoms with van der Waals surface area (Å²) in [5, 5.41) is 39.2. The maximum Gasteiger partial charge on any atom is 1.00 e. The molecule has 0 saturated carbocycles. The van der Waals surface area contributed by atoms with Crippen molar-refractivity contribution in [1.82, 2.24) is 5.32 Å². The van der Waals surface area contributed by atoms with E-state index in [1.54, 1.807) is 0 Å². The number of carbonyl (C=O) groups is 3. The molecular weight excluding hydrogens is 283 g/mol. The Kier molecular flexibility index (Phi) is 10.9. The third kappa shape index (κ3) is 7.78. The van der Waals surface area contributed by atoms with Crippen molar-refractivity contribution in [3.63, 3.8) is 0 Å². The normalized spacial score (nSPS) is 12.3. The average Bonchev–Trinajstić information content (AvgIpc) is 2.24. The number of aliphatic hydroxyl groups excluding tert-OH is 1. The largest absolute Gasteiger partial charge is 1.00 e. The maximum atomic E-state index is 10.8. The molecule has 0 aliphatic carbocycles. The molecule has 110 valence electrons. The summed E-state index contributed by atoms with van der Waals surface area (Å²) >= 11 is 0. The summed E-state index contributed by atoms with van der Waals surface area (Å²) in [5.41, 5.74) is 4.02. The molecule has 9 nitrogen and oxygen atoms in total. The van der Waals surface area contributed by atoms with Crippen LogP contribution in [0.1, 0.15) is 19.3 Å². The molecule has 6 N–H and O–H groups in total. The number of carboxylic acid groups (broad SMARTS) is 3. The second kappa shape index (κ2) is 10.1. The predicted molar refractivity (Wildman–Crippen MR) is 59.9 cm³/mol. The van der Waals surface area contributed by atoms with Crippen LogP contribution in [-0.2, 0) is 14.4 Å². The number of hydrogen-bond acceptors (Lipinski definition) is 7. The Morgan fingerprint density at radius 3 is 1.95 bits per heavy atom. The summed E-state index contributed by atoms with van der Waals surface area (Å²) in [6.45, 7) is -1.12. The molecule has 0 aromatic heterocycles. The van der Waals surface area contributed by atoms with E-state index >= 15 is 0 Å². The van der Waals surface area contributed by atoms with Crippen molar-refractivity contribution in [2.75, 3.05) is 13.2 Å². The van der Waals surface area contributed by atoms with E-state index in [0.717, 1.165) is 0 Å². The summed E-state index contributed by atoms with van der Waals surface area (Å²) in [6.07, 6.45) is -1.44. The van der Waals surface area contributed by atoms with Gasteiger partial charge in [-0.3, -0.25) is 9.59 Å². The summed E-state index contributed by atoms with van der Waals surface area (Å²) in [6, 6.07) is -1.04. The van der Waals surface area contributed by atoms with Crippen molar-refractivity contribution in [2.24, 2.45) is 5.73 Å². The molecule has 0 aromatic rings. The van der Waals surface area contributed by atoms with Gasteiger partial charge in [-0.1, -0.05) is 0 Å². The molecule has 0 rings (SSSR count). The van der Waals surface area contributed by atoms with Gasteiger partial charge in [-0.15, -0.1) is 0 Å². The molecule has 0 radical (unpaired) electrons. The molecule has 10 heteroatoms. The van der Waals surface area contributed by atoms with Crippen molar-refractivity contribution in [2.45, 2.75) is 30.8 Å². The molecule has 0 heterocycles. The van der Waals surface area contributed by atoms with Crippen molar-refractivity contribution in [3.05, 3.63) is 0 Å². The molecular formula is C10H17N2NaO7. The van der Waals surface area contributed by atoms with Crippen LogP contribution < -0.4 is 45.7 Å². The third-order valence-corrected chi connectivity index (χ3v) is 2.67. The first kappa shape index (κ1) is 21.6. The van der Waals surface area contributed by atoms with E-state index in [1.807, 2.05) is 0 Å². The van der Waals surface area contributed by atoms with E-state index in [-0.39, 0.29) is 42.6 Å². The van der Waals surface area contributed by atoms with Gasteiger partial charge < -0.3 is 36.3 Å². The first-order valence-electron chi connectivity index (χ1n) is 5.48. The zero-order valence-corrected chi connectivity index (χ0v) is 13.2. The number of carboxylic acids is 3. The monoisotopic (exact) mass is 300 g/mol. The van der Waals surface area contributed by atoms with Crippen molar-refractivity contribution >= 4 is 17.9 Å². The van der Waals surface area contributed by atoms with Crippen molar-refractivity contribution in [1.29, 1.82) is 0 Å². The SMILES string of the molecule is NC(CCO)C(CC(=O)O)(CC(=O)O)NCC(=O)[O-].[Na+]. The zero-order valence-electron chi connectivity index (χ0n) is 11.2. The molecule has 1 atom stereocenters. The minimum Gasteiger partial charge on any atom is -0.549 e. The van der Waals surface area contributed by atoms with Gasteiger partial charge in [0, 0.05) is 19.2 Å². The Labute approximate surface area is 137 Å². The van der Waals surface area contributed by atoms with Crippen molar-refractivity contribution < 1.29 is 64.4 Å². The van der Waals surface area contributed by atoms with Crippen LogP contribution in [0.5, 0.6) is 0 Å². The van der Waals surface area contributed by atoms with Crippen LogP contribution in [0.15, 0.2) is 0 Å². The van der Waals surface area contributed by atoms with Gasteiger partial charge in [0.05, 0.1) is 24.3 Å². The summed E-state index contributed by atoms with van der Waals surface area (Å²) < 4.78 is 0. The van der Waals surface area contributed by atoms with E-state index in [9.17, 15) is 19.5 Å². The number of carbonyl (C=O) groups excluding carboxylic acids is 1. The summed E-state index contributed by atoms with van der Waals surface area (Å²) in [7, 11) is 0. The van der Waals surface area contributed by atoms with Gasteiger partial charge in [-0.2, -0.15) is 0 Å². The van der Waals surface area contributed by atoms with Crippen molar-refractivity contribution in [3.8, 4) is 0 Å². The fourth-order valence-corrected chi connectivity index (χ4v) is 1.78. The topological polar surface area (TPSA) is 173 Å². The smallest absolute Gasteiger partial charge is 0.549 e. The second-order valence-electron chi connectivity index (χ2n) is 4.14. The van der Waals surface area contributed by atoms with Crippen LogP contribution in [-0.4, -0.2) is 58.0 Å². The molecule has 0 bridgehead atoms. The third-order valence-electron chi connectivity index (χ3n) is 2.67. The predicted octanol–water partition coefficient (Wildman–Crippen LogP) is -6.27. The van der Waals surface area contributed by atoms with Gasteiger partial charge >= 0.3 is 41.5 Å². The van der Waals surface area contributed by atoms with Crippen LogP contribution in [0.4, 0.5) is 0 Å². The number of nitrogens with one attached hydrogen (secondary N) is 1. The molecule has 1 unspecified atom stereocenters. The fraction of sp³-hybridized carbons (Fsp3) is 0.700. The minimum absolute atomic E-state index is 0. The molecule has 0 aliphatic heterocycles. The number of rotatable bonds is 10. The van der Waals surface area contributed by atoms with Crippen LogP contribution >= 0.6 is 0 Å². The van der Waals surface area contributed by atoms with E-state index < -0.39 is 48.9 Å². The van der Waals surface area contributed by atoms with Crippen LogP contribution in [0.25, 0.3) is 0 Å². The van der Waals surface area contributed by atoms with Gasteiger partial charge in [0.2, 0.25) is 0 Å². The van der Waals surface area contributed by atoms with E-state index in [1.165, 1.54) is 0 Å². The van der Waals surface area contributed by atoms with Crippen LogP contribution in [0.2, 0.25) is 0 Å². The first-order valence-corrected chi connectivity index (χ1v) is 5.48.